The van der Waals surface area contributed by atoms with Gasteiger partial charge in [0.05, 0.1) is 18.0 Å². The van der Waals surface area contributed by atoms with E-state index in [2.05, 4.69) is 34.7 Å². The second-order valence-electron chi connectivity index (χ2n) is 10.3. The Morgan fingerprint density at radius 2 is 2.06 bits per heavy atom. The minimum atomic E-state index is -0.0655. The highest BCUT2D eigenvalue weighted by Crippen LogP contribution is 2.45. The molecule has 0 aliphatic heterocycles. The molecule has 5 rings (SSSR count). The van der Waals surface area contributed by atoms with Crippen LogP contribution in [0.1, 0.15) is 58.2 Å². The molecule has 6 atom stereocenters. The van der Waals surface area contributed by atoms with Crippen LogP contribution in [-0.4, -0.2) is 42.5 Å². The maximum Gasteiger partial charge on any atom is 0.226 e. The Bertz CT molecular complexity index is 1090. The molecule has 2 fully saturated rings. The number of H-pyrrole nitrogens is 1. The second-order valence-corrected chi connectivity index (χ2v) is 10.3. The fraction of sp³-hybridized carbons (Fsp3) is 0.625. The second kappa shape index (κ2) is 8.39. The minimum absolute atomic E-state index is 0.0544. The Morgan fingerprint density at radius 3 is 2.81 bits per heavy atom. The Hall–Kier alpha value is -2.61. The predicted molar refractivity (Wildman–Crippen MR) is 127 cm³/mol. The highest BCUT2D eigenvalue weighted by molar-refractivity contribution is 5.90. The number of aromatic nitrogens is 5. The third-order valence-corrected chi connectivity index (χ3v) is 7.46. The summed E-state index contributed by atoms with van der Waals surface area (Å²) in [6.07, 6.45) is 7.21. The molecule has 172 valence electrons. The molecule has 0 spiro atoms. The number of aliphatic hydroxyl groups excluding tert-OH is 1. The van der Waals surface area contributed by atoms with Gasteiger partial charge >= 0.3 is 0 Å². The molecule has 8 heteroatoms. The fourth-order valence-corrected chi connectivity index (χ4v) is 6.07. The number of fused-ring (bicyclic) bond motifs is 3. The lowest BCUT2D eigenvalue weighted by molar-refractivity contribution is 0.0961. The number of hydrogen-bond donors (Lipinski definition) is 4. The minimum Gasteiger partial charge on any atom is -0.394 e. The molecule has 0 radical (unpaired) electrons. The normalized spacial score (nSPS) is 28.6. The lowest BCUT2D eigenvalue weighted by Gasteiger charge is -2.46. The predicted octanol–water partition coefficient (Wildman–Crippen LogP) is 4.63. The van der Waals surface area contributed by atoms with Crippen LogP contribution >= 0.6 is 0 Å². The fourth-order valence-electron chi connectivity index (χ4n) is 6.07. The molecule has 0 saturated heterocycles. The van der Waals surface area contributed by atoms with Crippen molar-refractivity contribution in [3.8, 4) is 0 Å². The summed E-state index contributed by atoms with van der Waals surface area (Å²) in [6, 6.07) is 4.28. The van der Waals surface area contributed by atoms with Crippen molar-refractivity contribution >= 4 is 28.6 Å². The number of nitrogens with one attached hydrogen (secondary N) is 3. The summed E-state index contributed by atoms with van der Waals surface area (Å²) in [6.45, 7) is 8.78. The van der Waals surface area contributed by atoms with Gasteiger partial charge in [0.1, 0.15) is 11.5 Å². The van der Waals surface area contributed by atoms with Crippen LogP contribution in [0, 0.1) is 30.6 Å². The molecule has 2 bridgehead atoms. The van der Waals surface area contributed by atoms with Crippen LogP contribution in [0.15, 0.2) is 18.3 Å². The van der Waals surface area contributed by atoms with Crippen molar-refractivity contribution in [2.45, 2.75) is 65.5 Å². The smallest absolute Gasteiger partial charge is 0.226 e. The van der Waals surface area contributed by atoms with E-state index < -0.39 is 0 Å². The first-order valence-corrected chi connectivity index (χ1v) is 12.0. The topological polar surface area (TPSA) is 104 Å². The first kappa shape index (κ1) is 21.2. The van der Waals surface area contributed by atoms with Gasteiger partial charge in [-0.25, -0.2) is 0 Å². The maximum absolute atomic E-state index is 9.75. The van der Waals surface area contributed by atoms with Crippen LogP contribution in [-0.2, 0) is 0 Å². The Morgan fingerprint density at radius 1 is 1.22 bits per heavy atom. The van der Waals surface area contributed by atoms with Crippen molar-refractivity contribution in [3.63, 3.8) is 0 Å². The third kappa shape index (κ3) is 3.96. The van der Waals surface area contributed by atoms with E-state index in [1.165, 1.54) is 25.7 Å². The molecular formula is C24H35N7O. The number of nitrogens with zero attached hydrogens (tertiary/aromatic N) is 4. The van der Waals surface area contributed by atoms with Crippen LogP contribution in [0.25, 0.3) is 11.0 Å². The average Bonchev–Trinajstić information content (AvgIpc) is 3.36. The number of anilines is 3. The van der Waals surface area contributed by atoms with E-state index in [0.29, 0.717) is 23.8 Å². The van der Waals surface area contributed by atoms with Gasteiger partial charge in [0.15, 0.2) is 5.82 Å². The van der Waals surface area contributed by atoms with E-state index in [0.717, 1.165) is 40.2 Å². The molecular weight excluding hydrogens is 402 g/mol. The van der Waals surface area contributed by atoms with Gasteiger partial charge in [0.25, 0.3) is 0 Å². The molecule has 3 aromatic heterocycles. The van der Waals surface area contributed by atoms with Gasteiger partial charge < -0.3 is 20.3 Å². The van der Waals surface area contributed by atoms with Gasteiger partial charge in [-0.1, -0.05) is 13.8 Å². The van der Waals surface area contributed by atoms with E-state index in [9.17, 15) is 5.11 Å². The van der Waals surface area contributed by atoms with E-state index in [1.54, 1.807) is 0 Å². The molecule has 2 saturated carbocycles. The molecule has 6 unspecified atom stereocenters. The van der Waals surface area contributed by atoms with E-state index in [1.807, 2.05) is 36.7 Å². The summed E-state index contributed by atoms with van der Waals surface area (Å²) in [5, 5.41) is 25.1. The number of aryl methyl sites for hydroxylation is 1. The summed E-state index contributed by atoms with van der Waals surface area (Å²) in [5.74, 6) is 5.02. The molecule has 2 aliphatic carbocycles. The van der Waals surface area contributed by atoms with Gasteiger partial charge in [-0.3, -0.25) is 5.10 Å². The van der Waals surface area contributed by atoms with E-state index in [-0.39, 0.29) is 12.6 Å². The van der Waals surface area contributed by atoms with Gasteiger partial charge in [0, 0.05) is 24.0 Å². The van der Waals surface area contributed by atoms with E-state index >= 15 is 0 Å². The summed E-state index contributed by atoms with van der Waals surface area (Å²) in [5.41, 5.74) is 1.80. The van der Waals surface area contributed by atoms with Crippen LogP contribution in [0.5, 0.6) is 0 Å². The molecule has 3 aromatic rings. The van der Waals surface area contributed by atoms with Crippen molar-refractivity contribution in [3.05, 3.63) is 24.0 Å². The summed E-state index contributed by atoms with van der Waals surface area (Å²) >= 11 is 0. The Labute approximate surface area is 189 Å². The largest absolute Gasteiger partial charge is 0.394 e. The molecule has 3 heterocycles. The highest BCUT2D eigenvalue weighted by Gasteiger charge is 2.40. The Kier molecular flexibility index (Phi) is 5.57. The van der Waals surface area contributed by atoms with Crippen LogP contribution < -0.4 is 10.6 Å². The zero-order valence-corrected chi connectivity index (χ0v) is 19.5. The lowest BCUT2D eigenvalue weighted by Crippen LogP contribution is -2.45. The van der Waals surface area contributed by atoms with Crippen molar-refractivity contribution in [2.24, 2.45) is 23.7 Å². The van der Waals surface area contributed by atoms with Crippen LogP contribution in [0.4, 0.5) is 17.6 Å². The number of hydrogen-bond acceptors (Lipinski definition) is 6. The molecule has 0 aromatic carbocycles. The third-order valence-electron chi connectivity index (χ3n) is 7.46. The monoisotopic (exact) mass is 437 g/mol. The van der Waals surface area contributed by atoms with Crippen LogP contribution in [0.3, 0.4) is 0 Å². The average molecular weight is 438 g/mol. The SMILES string of the molecule is Cc1cc(Nc2nc(NC3C(C)CC4CC(C)CC3C4)nc3c2ccn3C(C)CO)n[nH]1. The van der Waals surface area contributed by atoms with Crippen molar-refractivity contribution < 1.29 is 5.11 Å². The number of aromatic amines is 1. The quantitative estimate of drug-likeness (QED) is 0.448. The number of rotatable bonds is 6. The first-order chi connectivity index (χ1) is 15.4. The highest BCUT2D eigenvalue weighted by atomic mass is 16.3. The summed E-state index contributed by atoms with van der Waals surface area (Å²) < 4.78 is 2.02. The standard InChI is InChI=1S/C24H35N7O/c1-13-7-17-9-14(2)21(18(8-13)11-17)26-24-27-22(25-20-10-15(3)29-30-20)19-5-6-31(16(4)12-32)23(19)28-24/h5-6,10,13-14,16-18,21,32H,7-9,11-12H2,1-4H3,(H3,25,26,27,28,29,30). The molecule has 4 N–H and O–H groups in total. The molecule has 8 nitrogen and oxygen atoms in total. The van der Waals surface area contributed by atoms with Crippen molar-refractivity contribution in [1.29, 1.82) is 0 Å². The maximum atomic E-state index is 9.75. The lowest BCUT2D eigenvalue weighted by atomic mass is 9.63. The van der Waals surface area contributed by atoms with Gasteiger partial charge in [0.2, 0.25) is 5.95 Å². The molecule has 2 aliphatic rings. The molecule has 32 heavy (non-hydrogen) atoms. The van der Waals surface area contributed by atoms with Gasteiger partial charge in [-0.2, -0.15) is 15.1 Å². The van der Waals surface area contributed by atoms with E-state index in [4.69, 9.17) is 9.97 Å². The van der Waals surface area contributed by atoms with Gasteiger partial charge in [-0.15, -0.1) is 0 Å². The van der Waals surface area contributed by atoms with Crippen molar-refractivity contribution in [2.75, 3.05) is 17.2 Å². The van der Waals surface area contributed by atoms with Crippen molar-refractivity contribution in [1.82, 2.24) is 24.7 Å². The van der Waals surface area contributed by atoms with Gasteiger partial charge in [-0.05, 0) is 69.3 Å². The number of aliphatic hydroxyl groups is 1. The van der Waals surface area contributed by atoms with Crippen LogP contribution in [0.2, 0.25) is 0 Å². The molecule has 0 amide bonds. The zero-order valence-electron chi connectivity index (χ0n) is 19.5. The first-order valence-electron chi connectivity index (χ1n) is 12.0. The summed E-state index contributed by atoms with van der Waals surface area (Å²) in [4.78, 5) is 9.82. The zero-order chi connectivity index (χ0) is 22.4. The summed E-state index contributed by atoms with van der Waals surface area (Å²) in [7, 11) is 0. The Balaban J connectivity index is 1.51.